The fourth-order valence-electron chi connectivity index (χ4n) is 3.61. The number of aliphatic imine (C=N–C) groups is 1. The van der Waals surface area contributed by atoms with Crippen LogP contribution in [0.3, 0.4) is 0 Å². The summed E-state index contributed by atoms with van der Waals surface area (Å²) in [6.45, 7) is 4.08. The van der Waals surface area contributed by atoms with Crippen molar-refractivity contribution in [3.8, 4) is 0 Å². The van der Waals surface area contributed by atoms with Crippen molar-refractivity contribution in [1.82, 2.24) is 0 Å². The summed E-state index contributed by atoms with van der Waals surface area (Å²) in [4.78, 5) is 18.3. The molecule has 2 atom stereocenters. The van der Waals surface area contributed by atoms with Crippen LogP contribution in [0.4, 0.5) is 5.69 Å². The Hall–Kier alpha value is -1.38. The van der Waals surface area contributed by atoms with Crippen LogP contribution < -0.4 is 4.90 Å². The van der Waals surface area contributed by atoms with E-state index >= 15 is 0 Å². The van der Waals surface area contributed by atoms with Gasteiger partial charge in [-0.05, 0) is 24.0 Å². The van der Waals surface area contributed by atoms with E-state index in [4.69, 9.17) is 4.74 Å². The maximum Gasteiger partial charge on any atom is 0.274 e. The van der Waals surface area contributed by atoms with Crippen molar-refractivity contribution in [3.05, 3.63) is 29.3 Å². The van der Waals surface area contributed by atoms with Gasteiger partial charge in [-0.15, -0.1) is 0 Å². The number of fused-ring (bicyclic) bond motifs is 1. The van der Waals surface area contributed by atoms with Crippen LogP contribution in [0.25, 0.3) is 0 Å². The number of amidine groups is 1. The third-order valence-corrected chi connectivity index (χ3v) is 7.97. The Balaban J connectivity index is 2.11. The second-order valence-electron chi connectivity index (χ2n) is 6.52. The highest BCUT2D eigenvalue weighted by Crippen LogP contribution is 2.43. The summed E-state index contributed by atoms with van der Waals surface area (Å²) in [5, 5.41) is 0.497. The number of thioether (sulfide) groups is 1. The summed E-state index contributed by atoms with van der Waals surface area (Å²) in [6.07, 6.45) is 1.65. The summed E-state index contributed by atoms with van der Waals surface area (Å²) in [5.74, 6) is -0.120. The number of anilines is 1. The molecule has 0 N–H and O–H groups in total. The second kappa shape index (κ2) is 7.70. The topological polar surface area (TPSA) is 76.0 Å². The summed E-state index contributed by atoms with van der Waals surface area (Å²) in [5.41, 5.74) is 3.29. The molecule has 0 aliphatic carbocycles. The van der Waals surface area contributed by atoms with Gasteiger partial charge in [-0.3, -0.25) is 4.79 Å². The molecular formula is C18H24N2O4S2. The van der Waals surface area contributed by atoms with E-state index in [0.717, 1.165) is 29.7 Å². The molecule has 6 nitrogen and oxygen atoms in total. The van der Waals surface area contributed by atoms with Gasteiger partial charge in [0.05, 0.1) is 17.5 Å². The molecule has 1 amide bonds. The van der Waals surface area contributed by atoms with Gasteiger partial charge < -0.3 is 9.64 Å². The van der Waals surface area contributed by atoms with Crippen LogP contribution in [0.15, 0.2) is 23.2 Å². The molecule has 0 spiro atoms. The number of methoxy groups -OCH3 is 1. The Kier molecular flexibility index (Phi) is 5.74. The van der Waals surface area contributed by atoms with Crippen LogP contribution in [0.5, 0.6) is 0 Å². The number of nitrogens with zero attached hydrogens (tertiary/aromatic N) is 2. The molecule has 8 heteroatoms. The molecule has 2 aliphatic rings. The second-order valence-corrected chi connectivity index (χ2v) is 9.88. The fraction of sp³-hybridized carbons (Fsp3) is 0.556. The van der Waals surface area contributed by atoms with E-state index in [-0.39, 0.29) is 35.3 Å². The normalized spacial score (nSPS) is 25.7. The van der Waals surface area contributed by atoms with E-state index < -0.39 is 9.84 Å². The van der Waals surface area contributed by atoms with Crippen molar-refractivity contribution < 1.29 is 17.9 Å². The molecule has 0 unspecified atom stereocenters. The number of sulfone groups is 1. The molecule has 1 aromatic rings. The zero-order valence-electron chi connectivity index (χ0n) is 15.3. The van der Waals surface area contributed by atoms with Crippen molar-refractivity contribution in [1.29, 1.82) is 0 Å². The quantitative estimate of drug-likeness (QED) is 0.758. The van der Waals surface area contributed by atoms with Crippen molar-refractivity contribution in [2.45, 2.75) is 38.0 Å². The predicted molar refractivity (Wildman–Crippen MR) is 106 cm³/mol. The number of ether oxygens (including phenoxy) is 1. The average molecular weight is 397 g/mol. The lowest BCUT2D eigenvalue weighted by atomic mass is 10.0. The molecule has 0 aromatic heterocycles. The van der Waals surface area contributed by atoms with Crippen LogP contribution in [-0.4, -0.2) is 56.0 Å². The zero-order chi connectivity index (χ0) is 18.9. The van der Waals surface area contributed by atoms with E-state index in [9.17, 15) is 13.2 Å². The number of carbonyl (C=O) groups excluding carboxylic acids is 1. The van der Waals surface area contributed by atoms with Crippen molar-refractivity contribution in [3.63, 3.8) is 0 Å². The van der Waals surface area contributed by atoms with E-state index in [0.29, 0.717) is 5.17 Å². The summed E-state index contributed by atoms with van der Waals surface area (Å²) >= 11 is 1.40. The Morgan fingerprint density at radius 2 is 1.92 bits per heavy atom. The number of hydrogen-bond donors (Lipinski definition) is 0. The van der Waals surface area contributed by atoms with Crippen molar-refractivity contribution in [2.75, 3.05) is 30.1 Å². The number of hydrogen-bond acceptors (Lipinski definition) is 5. The molecule has 2 fully saturated rings. The molecule has 26 heavy (non-hydrogen) atoms. The Morgan fingerprint density at radius 1 is 1.27 bits per heavy atom. The summed E-state index contributed by atoms with van der Waals surface area (Å²) < 4.78 is 29.3. The standard InChI is InChI=1S/C18H24N2O4S2/c1-4-12-7-6-8-13(5-2)17(12)20-14-10-26(22,23)11-15(14)25-18(20)19-16(21)9-24-3/h6-8,14-15H,4-5,9-11H2,1-3H3/t14-,15+/m1/s1. The highest BCUT2D eigenvalue weighted by molar-refractivity contribution is 8.16. The van der Waals surface area contributed by atoms with Gasteiger partial charge in [0.25, 0.3) is 5.91 Å². The highest BCUT2D eigenvalue weighted by atomic mass is 32.2. The fourth-order valence-corrected chi connectivity index (χ4v) is 7.53. The third kappa shape index (κ3) is 3.68. The molecular weight excluding hydrogens is 372 g/mol. The first-order chi connectivity index (χ1) is 12.4. The number of carbonyl (C=O) groups is 1. The van der Waals surface area contributed by atoms with Gasteiger partial charge in [0.15, 0.2) is 15.0 Å². The molecule has 3 rings (SSSR count). The molecule has 2 saturated heterocycles. The minimum Gasteiger partial charge on any atom is -0.375 e. The first kappa shape index (κ1) is 19.4. The van der Waals surface area contributed by atoms with Gasteiger partial charge in [0, 0.05) is 18.0 Å². The van der Waals surface area contributed by atoms with Gasteiger partial charge >= 0.3 is 0 Å². The maximum atomic E-state index is 12.2. The largest absolute Gasteiger partial charge is 0.375 e. The molecule has 2 aliphatic heterocycles. The summed E-state index contributed by atoms with van der Waals surface area (Å²) in [6, 6.07) is 5.96. The molecule has 142 valence electrons. The third-order valence-electron chi connectivity index (χ3n) is 4.76. The zero-order valence-corrected chi connectivity index (χ0v) is 16.9. The number of aryl methyl sites for hydroxylation is 2. The first-order valence-electron chi connectivity index (χ1n) is 8.77. The molecule has 2 heterocycles. The minimum absolute atomic E-state index is 0.0818. The smallest absolute Gasteiger partial charge is 0.274 e. The SMILES string of the molecule is CCc1cccc(CC)c1N1C(=NC(=O)COC)S[C@H]2CS(=O)(=O)C[C@H]21. The van der Waals surface area contributed by atoms with Crippen molar-refractivity contribution >= 4 is 38.4 Å². The van der Waals surface area contributed by atoms with Gasteiger partial charge in [0.2, 0.25) is 0 Å². The van der Waals surface area contributed by atoms with Gasteiger partial charge in [-0.25, -0.2) is 8.42 Å². The van der Waals surface area contributed by atoms with Crippen LogP contribution in [0.1, 0.15) is 25.0 Å². The molecule has 0 bridgehead atoms. The lowest BCUT2D eigenvalue weighted by Gasteiger charge is -2.29. The van der Waals surface area contributed by atoms with Crippen LogP contribution in [0.2, 0.25) is 0 Å². The monoisotopic (exact) mass is 396 g/mol. The van der Waals surface area contributed by atoms with Crippen LogP contribution in [-0.2, 0) is 32.2 Å². The van der Waals surface area contributed by atoms with E-state index in [1.807, 2.05) is 11.0 Å². The number of amides is 1. The lowest BCUT2D eigenvalue weighted by molar-refractivity contribution is -0.121. The van der Waals surface area contributed by atoms with Gasteiger partial charge in [0.1, 0.15) is 6.61 Å². The Labute approximate surface area is 158 Å². The molecule has 1 aromatic carbocycles. The minimum atomic E-state index is -3.07. The first-order valence-corrected chi connectivity index (χ1v) is 11.5. The van der Waals surface area contributed by atoms with Crippen molar-refractivity contribution in [2.24, 2.45) is 4.99 Å². The lowest BCUT2D eigenvalue weighted by Crippen LogP contribution is -2.39. The number of rotatable bonds is 5. The van der Waals surface area contributed by atoms with Gasteiger partial charge in [-0.2, -0.15) is 4.99 Å². The van der Waals surface area contributed by atoms with E-state index in [1.54, 1.807) is 0 Å². The predicted octanol–water partition coefficient (Wildman–Crippen LogP) is 2.06. The van der Waals surface area contributed by atoms with E-state index in [1.165, 1.54) is 18.9 Å². The number of benzene rings is 1. The Bertz CT molecular complexity index is 813. The van der Waals surface area contributed by atoms with Crippen LogP contribution in [0, 0.1) is 0 Å². The highest BCUT2D eigenvalue weighted by Gasteiger charge is 2.50. The molecule has 0 saturated carbocycles. The summed E-state index contributed by atoms with van der Waals surface area (Å²) in [7, 11) is -1.62. The maximum absolute atomic E-state index is 12.2. The van der Waals surface area contributed by atoms with E-state index in [2.05, 4.69) is 31.0 Å². The van der Waals surface area contributed by atoms with Crippen LogP contribution >= 0.6 is 11.8 Å². The molecule has 0 radical (unpaired) electrons. The van der Waals surface area contributed by atoms with Gasteiger partial charge in [-0.1, -0.05) is 43.8 Å². The number of para-hydroxylation sites is 1. The Morgan fingerprint density at radius 3 is 2.50 bits per heavy atom. The average Bonchev–Trinajstić information content (AvgIpc) is 3.05.